The maximum absolute atomic E-state index is 4.08. The molecule has 0 saturated heterocycles. The van der Waals surface area contributed by atoms with Gasteiger partial charge in [-0.05, 0) is 49.6 Å². The summed E-state index contributed by atoms with van der Waals surface area (Å²) in [5.41, 5.74) is 0. The summed E-state index contributed by atoms with van der Waals surface area (Å²) in [5.74, 6) is 0.845. The van der Waals surface area contributed by atoms with Gasteiger partial charge in [-0.1, -0.05) is 18.9 Å². The summed E-state index contributed by atoms with van der Waals surface area (Å²) < 4.78 is 2.16. The smallest absolute Gasteiger partial charge is 0.0945 e. The summed E-state index contributed by atoms with van der Waals surface area (Å²) in [6.45, 7) is 2.20. The molecule has 21 heavy (non-hydrogen) atoms. The van der Waals surface area contributed by atoms with E-state index in [2.05, 4.69) is 32.4 Å². The minimum Gasteiger partial charge on any atom is -0.337 e. The lowest BCUT2D eigenvalue weighted by atomic mass is 9.96. The molecule has 1 N–H and O–H groups in total. The van der Waals surface area contributed by atoms with Crippen molar-refractivity contribution in [1.29, 1.82) is 0 Å². The number of hydrogen-bond donors (Lipinski definition) is 1. The monoisotopic (exact) mass is 303 g/mol. The predicted octanol–water partition coefficient (Wildman–Crippen LogP) is 4.25. The number of imidazole rings is 1. The van der Waals surface area contributed by atoms with E-state index in [0.29, 0.717) is 6.04 Å². The molecule has 2 aromatic heterocycles. The van der Waals surface area contributed by atoms with E-state index in [-0.39, 0.29) is 0 Å². The molecule has 4 heteroatoms. The zero-order valence-corrected chi connectivity index (χ0v) is 13.4. The molecule has 2 heterocycles. The Balaban J connectivity index is 1.44. The van der Waals surface area contributed by atoms with Crippen molar-refractivity contribution in [1.82, 2.24) is 14.9 Å². The Morgan fingerprint density at radius 1 is 1.33 bits per heavy atom. The maximum Gasteiger partial charge on any atom is 0.0945 e. The molecule has 0 radical (unpaired) electrons. The Morgan fingerprint density at radius 3 is 2.95 bits per heavy atom. The third kappa shape index (κ3) is 4.17. The van der Waals surface area contributed by atoms with Gasteiger partial charge in [0.1, 0.15) is 0 Å². The van der Waals surface area contributed by atoms with Crippen molar-refractivity contribution in [2.75, 3.05) is 6.54 Å². The molecule has 2 aromatic rings. The Bertz CT molecular complexity index is 486. The van der Waals surface area contributed by atoms with Crippen molar-refractivity contribution in [3.8, 4) is 0 Å². The summed E-state index contributed by atoms with van der Waals surface area (Å²) in [6.07, 6.45) is 13.9. The first-order valence-corrected chi connectivity index (χ1v) is 9.04. The van der Waals surface area contributed by atoms with Gasteiger partial charge in [0.2, 0.25) is 0 Å². The second kappa shape index (κ2) is 7.76. The SMILES string of the molecule is c1csc(C(NCCCCn2ccnc2)C2CCCC2)c1. The van der Waals surface area contributed by atoms with E-state index >= 15 is 0 Å². The maximum atomic E-state index is 4.08. The van der Waals surface area contributed by atoms with E-state index in [9.17, 15) is 0 Å². The predicted molar refractivity (Wildman–Crippen MR) is 88.5 cm³/mol. The number of aryl methyl sites for hydroxylation is 1. The van der Waals surface area contributed by atoms with E-state index in [1.807, 2.05) is 30.1 Å². The van der Waals surface area contributed by atoms with Crippen LogP contribution in [-0.4, -0.2) is 16.1 Å². The molecule has 1 unspecified atom stereocenters. The largest absolute Gasteiger partial charge is 0.337 e. The van der Waals surface area contributed by atoms with E-state index in [1.165, 1.54) is 43.4 Å². The second-order valence-corrected chi connectivity index (χ2v) is 6.98. The lowest BCUT2D eigenvalue weighted by Crippen LogP contribution is -2.27. The number of rotatable bonds is 8. The van der Waals surface area contributed by atoms with Crippen LogP contribution in [0.1, 0.15) is 49.4 Å². The van der Waals surface area contributed by atoms with Gasteiger partial charge in [0.05, 0.1) is 6.33 Å². The van der Waals surface area contributed by atoms with Gasteiger partial charge < -0.3 is 9.88 Å². The van der Waals surface area contributed by atoms with Gasteiger partial charge in [-0.25, -0.2) is 4.98 Å². The number of aromatic nitrogens is 2. The average molecular weight is 303 g/mol. The van der Waals surface area contributed by atoms with Crippen LogP contribution in [0.2, 0.25) is 0 Å². The summed E-state index contributed by atoms with van der Waals surface area (Å²) in [4.78, 5) is 5.61. The van der Waals surface area contributed by atoms with Gasteiger partial charge in [-0.15, -0.1) is 11.3 Å². The molecule has 1 atom stereocenters. The molecule has 1 aliphatic carbocycles. The van der Waals surface area contributed by atoms with Gasteiger partial charge in [0.15, 0.2) is 0 Å². The minimum absolute atomic E-state index is 0.584. The fourth-order valence-corrected chi connectivity index (χ4v) is 4.25. The molecular formula is C17H25N3S. The van der Waals surface area contributed by atoms with Crippen LogP contribution in [-0.2, 0) is 6.54 Å². The molecule has 0 aromatic carbocycles. The van der Waals surface area contributed by atoms with Crippen LogP contribution in [0.3, 0.4) is 0 Å². The van der Waals surface area contributed by atoms with Gasteiger partial charge in [0, 0.05) is 29.9 Å². The third-order valence-electron chi connectivity index (χ3n) is 4.49. The Morgan fingerprint density at radius 2 is 2.24 bits per heavy atom. The van der Waals surface area contributed by atoms with Gasteiger partial charge in [-0.3, -0.25) is 0 Å². The highest BCUT2D eigenvalue weighted by atomic mass is 32.1. The van der Waals surface area contributed by atoms with Gasteiger partial charge in [-0.2, -0.15) is 0 Å². The molecule has 0 aliphatic heterocycles. The summed E-state index contributed by atoms with van der Waals surface area (Å²) in [7, 11) is 0. The van der Waals surface area contributed by atoms with Crippen LogP contribution in [0, 0.1) is 5.92 Å². The van der Waals surface area contributed by atoms with Crippen molar-refractivity contribution in [2.24, 2.45) is 5.92 Å². The molecule has 3 nitrogen and oxygen atoms in total. The molecule has 3 rings (SSSR count). The highest BCUT2D eigenvalue weighted by molar-refractivity contribution is 7.10. The molecule has 0 amide bonds. The second-order valence-electron chi connectivity index (χ2n) is 6.00. The Labute approximate surface area is 131 Å². The van der Waals surface area contributed by atoms with Crippen molar-refractivity contribution in [3.63, 3.8) is 0 Å². The van der Waals surface area contributed by atoms with Crippen LogP contribution >= 0.6 is 11.3 Å². The van der Waals surface area contributed by atoms with Crippen molar-refractivity contribution in [3.05, 3.63) is 41.1 Å². The Hall–Kier alpha value is -1.13. The zero-order chi connectivity index (χ0) is 14.3. The van der Waals surface area contributed by atoms with Crippen molar-refractivity contribution < 1.29 is 0 Å². The van der Waals surface area contributed by atoms with Gasteiger partial charge in [0.25, 0.3) is 0 Å². The molecule has 0 bridgehead atoms. The highest BCUT2D eigenvalue weighted by Crippen LogP contribution is 2.37. The molecule has 1 saturated carbocycles. The summed E-state index contributed by atoms with van der Waals surface area (Å²) in [5, 5.41) is 6.04. The third-order valence-corrected chi connectivity index (χ3v) is 5.44. The fourth-order valence-electron chi connectivity index (χ4n) is 3.35. The van der Waals surface area contributed by atoms with Crippen LogP contribution in [0.4, 0.5) is 0 Å². The first-order chi connectivity index (χ1) is 10.4. The highest BCUT2D eigenvalue weighted by Gasteiger charge is 2.26. The number of unbranched alkanes of at least 4 members (excludes halogenated alkanes) is 1. The summed E-state index contributed by atoms with van der Waals surface area (Å²) in [6, 6.07) is 5.06. The quantitative estimate of drug-likeness (QED) is 0.739. The average Bonchev–Trinajstić information content (AvgIpc) is 3.26. The molecule has 1 fully saturated rings. The van der Waals surface area contributed by atoms with Crippen molar-refractivity contribution in [2.45, 2.75) is 51.1 Å². The van der Waals surface area contributed by atoms with Crippen LogP contribution in [0.15, 0.2) is 36.2 Å². The summed E-state index contributed by atoms with van der Waals surface area (Å²) >= 11 is 1.90. The van der Waals surface area contributed by atoms with Crippen LogP contribution in [0.5, 0.6) is 0 Å². The number of hydrogen-bond acceptors (Lipinski definition) is 3. The topological polar surface area (TPSA) is 29.9 Å². The molecule has 1 aliphatic rings. The van der Waals surface area contributed by atoms with Gasteiger partial charge >= 0.3 is 0 Å². The van der Waals surface area contributed by atoms with Crippen molar-refractivity contribution >= 4 is 11.3 Å². The minimum atomic E-state index is 0.584. The first-order valence-electron chi connectivity index (χ1n) is 8.16. The fraction of sp³-hybridized carbons (Fsp3) is 0.588. The number of nitrogens with zero attached hydrogens (tertiary/aromatic N) is 2. The number of nitrogens with one attached hydrogen (secondary N) is 1. The van der Waals surface area contributed by atoms with E-state index in [1.54, 1.807) is 0 Å². The lowest BCUT2D eigenvalue weighted by molar-refractivity contribution is 0.367. The van der Waals surface area contributed by atoms with E-state index in [4.69, 9.17) is 0 Å². The number of thiophene rings is 1. The molecular weight excluding hydrogens is 278 g/mol. The normalized spacial score (nSPS) is 17.3. The van der Waals surface area contributed by atoms with Crippen LogP contribution in [0.25, 0.3) is 0 Å². The van der Waals surface area contributed by atoms with E-state index in [0.717, 1.165) is 19.0 Å². The lowest BCUT2D eigenvalue weighted by Gasteiger charge is -2.24. The molecule has 114 valence electrons. The van der Waals surface area contributed by atoms with Crippen LogP contribution < -0.4 is 5.32 Å². The molecule has 0 spiro atoms. The first kappa shape index (κ1) is 14.8. The van der Waals surface area contributed by atoms with E-state index < -0.39 is 0 Å². The Kier molecular flexibility index (Phi) is 5.46. The standard InChI is InChI=1S/C17H25N3S/c1-2-7-15(6-1)17(16-8-5-13-21-16)19-9-3-4-11-20-12-10-18-14-20/h5,8,10,12-15,17,19H,1-4,6-7,9,11H2. The zero-order valence-electron chi connectivity index (χ0n) is 12.6.